The average molecular weight is 379 g/mol. The van der Waals surface area contributed by atoms with E-state index in [0.717, 1.165) is 12.8 Å². The molecular weight excluding hydrogens is 363 g/mol. The van der Waals surface area contributed by atoms with Gasteiger partial charge in [0.25, 0.3) is 11.8 Å². The fourth-order valence-corrected chi connectivity index (χ4v) is 2.94. The van der Waals surface area contributed by atoms with Crippen molar-refractivity contribution in [3.63, 3.8) is 0 Å². The molecule has 1 N–H and O–H groups in total. The highest BCUT2D eigenvalue weighted by atomic mass is 35.5. The largest absolute Gasteiger partial charge is 0.346 e. The normalized spacial score (nSPS) is 17.2. The molecule has 3 heterocycles. The second-order valence-electron chi connectivity index (χ2n) is 5.79. The number of nitrogens with one attached hydrogen (secondary N) is 1. The predicted molar refractivity (Wildman–Crippen MR) is 94.9 cm³/mol. The summed E-state index contributed by atoms with van der Waals surface area (Å²) in [5, 5.41) is 3.88. The Balaban J connectivity index is 1.62. The molecule has 1 aliphatic heterocycles. The van der Waals surface area contributed by atoms with Gasteiger partial charge in [-0.2, -0.15) is 0 Å². The van der Waals surface area contributed by atoms with Crippen LogP contribution < -0.4 is 5.32 Å². The highest BCUT2D eigenvalue weighted by Crippen LogP contribution is 2.15. The number of likely N-dealkylation sites (tertiary alicyclic amines) is 1. The number of hydrogen-bond acceptors (Lipinski definition) is 4. The monoisotopic (exact) mass is 378 g/mol. The van der Waals surface area contributed by atoms with Gasteiger partial charge in [-0.1, -0.05) is 23.2 Å². The third-order valence-corrected chi connectivity index (χ3v) is 4.40. The van der Waals surface area contributed by atoms with Crippen molar-refractivity contribution in [1.82, 2.24) is 20.2 Å². The lowest BCUT2D eigenvalue weighted by Crippen LogP contribution is -2.49. The van der Waals surface area contributed by atoms with Crippen LogP contribution in [0.2, 0.25) is 10.0 Å². The van der Waals surface area contributed by atoms with Crippen molar-refractivity contribution >= 4 is 35.0 Å². The molecular formula is C17H16Cl2N4O2. The number of rotatable bonds is 3. The summed E-state index contributed by atoms with van der Waals surface area (Å²) in [7, 11) is 0. The molecule has 1 saturated heterocycles. The van der Waals surface area contributed by atoms with E-state index in [9.17, 15) is 9.59 Å². The van der Waals surface area contributed by atoms with Gasteiger partial charge in [-0.15, -0.1) is 0 Å². The van der Waals surface area contributed by atoms with Crippen LogP contribution in [0, 0.1) is 0 Å². The van der Waals surface area contributed by atoms with Gasteiger partial charge < -0.3 is 10.2 Å². The molecule has 0 bridgehead atoms. The Kier molecular flexibility index (Phi) is 5.50. The van der Waals surface area contributed by atoms with Crippen LogP contribution in [0.4, 0.5) is 0 Å². The molecule has 0 radical (unpaired) electrons. The van der Waals surface area contributed by atoms with Crippen molar-refractivity contribution in [2.75, 3.05) is 13.1 Å². The summed E-state index contributed by atoms with van der Waals surface area (Å²) in [6.07, 6.45) is 4.49. The number of nitrogens with zero attached hydrogens (tertiary/aromatic N) is 3. The maximum Gasteiger partial charge on any atom is 0.272 e. The third-order valence-electron chi connectivity index (χ3n) is 3.95. The summed E-state index contributed by atoms with van der Waals surface area (Å²) in [4.78, 5) is 34.6. The minimum absolute atomic E-state index is 0.130. The van der Waals surface area contributed by atoms with E-state index in [1.54, 1.807) is 29.2 Å². The van der Waals surface area contributed by atoms with Gasteiger partial charge in [0.05, 0.1) is 10.0 Å². The van der Waals surface area contributed by atoms with Crippen LogP contribution in [-0.2, 0) is 0 Å². The molecule has 0 aliphatic carbocycles. The number of aromatic nitrogens is 2. The molecule has 2 aromatic heterocycles. The molecule has 0 unspecified atom stereocenters. The number of carbonyl (C=O) groups is 2. The van der Waals surface area contributed by atoms with E-state index in [-0.39, 0.29) is 17.9 Å². The zero-order chi connectivity index (χ0) is 17.8. The first-order valence-corrected chi connectivity index (χ1v) is 8.62. The van der Waals surface area contributed by atoms with E-state index >= 15 is 0 Å². The van der Waals surface area contributed by atoms with Crippen molar-refractivity contribution < 1.29 is 9.59 Å². The number of piperidine rings is 1. The summed E-state index contributed by atoms with van der Waals surface area (Å²) in [5.74, 6) is -0.444. The number of pyridine rings is 2. The van der Waals surface area contributed by atoms with Gasteiger partial charge in [0.2, 0.25) is 0 Å². The molecule has 0 saturated carbocycles. The molecule has 0 aromatic carbocycles. The zero-order valence-corrected chi connectivity index (χ0v) is 14.8. The molecule has 25 heavy (non-hydrogen) atoms. The molecule has 2 amide bonds. The van der Waals surface area contributed by atoms with Crippen molar-refractivity contribution in [2.24, 2.45) is 0 Å². The smallest absolute Gasteiger partial charge is 0.272 e. The second kappa shape index (κ2) is 7.80. The van der Waals surface area contributed by atoms with Gasteiger partial charge in [-0.3, -0.25) is 9.59 Å². The van der Waals surface area contributed by atoms with Gasteiger partial charge in [0.1, 0.15) is 11.4 Å². The standard InChI is InChI=1S/C17H16Cl2N4O2/c18-11-3-5-14(20-8-11)16(24)22-13-2-1-7-23(10-13)17(25)15-6-4-12(19)9-21-15/h3-6,8-9,13H,1-2,7,10H2,(H,22,24)/t13-/m1/s1. The van der Waals surface area contributed by atoms with Gasteiger partial charge in [-0.05, 0) is 37.1 Å². The van der Waals surface area contributed by atoms with E-state index in [1.807, 2.05) is 0 Å². The summed E-state index contributed by atoms with van der Waals surface area (Å²) < 4.78 is 0. The molecule has 1 aliphatic rings. The van der Waals surface area contributed by atoms with Crippen LogP contribution in [0.1, 0.15) is 33.8 Å². The van der Waals surface area contributed by atoms with Gasteiger partial charge in [0.15, 0.2) is 0 Å². The van der Waals surface area contributed by atoms with E-state index in [2.05, 4.69) is 15.3 Å². The highest BCUT2D eigenvalue weighted by molar-refractivity contribution is 6.30. The lowest BCUT2D eigenvalue weighted by molar-refractivity contribution is 0.0670. The molecule has 130 valence electrons. The predicted octanol–water partition coefficient (Wildman–Crippen LogP) is 2.82. The highest BCUT2D eigenvalue weighted by Gasteiger charge is 2.26. The van der Waals surface area contributed by atoms with E-state index in [4.69, 9.17) is 23.2 Å². The van der Waals surface area contributed by atoms with Crippen molar-refractivity contribution in [3.8, 4) is 0 Å². The Labute approximate surface area is 155 Å². The first kappa shape index (κ1) is 17.6. The molecule has 8 heteroatoms. The van der Waals surface area contributed by atoms with Gasteiger partial charge in [-0.25, -0.2) is 9.97 Å². The Hall–Kier alpha value is -2.18. The van der Waals surface area contributed by atoms with Crippen molar-refractivity contribution in [1.29, 1.82) is 0 Å². The van der Waals surface area contributed by atoms with E-state index in [0.29, 0.717) is 34.5 Å². The van der Waals surface area contributed by atoms with Crippen LogP contribution in [0.5, 0.6) is 0 Å². The molecule has 1 atom stereocenters. The Morgan fingerprint density at radius 1 is 1.04 bits per heavy atom. The van der Waals surface area contributed by atoms with Crippen LogP contribution in [-0.4, -0.2) is 45.8 Å². The van der Waals surface area contributed by atoms with Crippen molar-refractivity contribution in [2.45, 2.75) is 18.9 Å². The van der Waals surface area contributed by atoms with E-state index < -0.39 is 0 Å². The SMILES string of the molecule is O=C(N[C@@H]1CCCN(C(=O)c2ccc(Cl)cn2)C1)c1ccc(Cl)cn1. The minimum Gasteiger partial charge on any atom is -0.346 e. The average Bonchev–Trinajstić information content (AvgIpc) is 2.62. The maximum absolute atomic E-state index is 12.5. The maximum atomic E-state index is 12.5. The summed E-state index contributed by atoms with van der Waals surface area (Å²) in [6.45, 7) is 1.07. The molecule has 6 nitrogen and oxygen atoms in total. The summed E-state index contributed by atoms with van der Waals surface area (Å²) in [5.41, 5.74) is 0.642. The molecule has 0 spiro atoms. The second-order valence-corrected chi connectivity index (χ2v) is 6.66. The summed E-state index contributed by atoms with van der Waals surface area (Å²) >= 11 is 11.6. The fraction of sp³-hybridized carbons (Fsp3) is 0.294. The first-order chi connectivity index (χ1) is 12.0. The van der Waals surface area contributed by atoms with Crippen LogP contribution in [0.15, 0.2) is 36.7 Å². The van der Waals surface area contributed by atoms with Gasteiger partial charge >= 0.3 is 0 Å². The van der Waals surface area contributed by atoms with Crippen molar-refractivity contribution in [3.05, 3.63) is 58.1 Å². The van der Waals surface area contributed by atoms with E-state index in [1.165, 1.54) is 12.4 Å². The third kappa shape index (κ3) is 4.46. The number of amides is 2. The Morgan fingerprint density at radius 2 is 1.68 bits per heavy atom. The number of carbonyl (C=O) groups excluding carboxylic acids is 2. The quantitative estimate of drug-likeness (QED) is 0.890. The summed E-state index contributed by atoms with van der Waals surface area (Å²) in [6, 6.07) is 6.30. The lowest BCUT2D eigenvalue weighted by atomic mass is 10.0. The molecule has 2 aromatic rings. The number of halogens is 2. The fourth-order valence-electron chi connectivity index (χ4n) is 2.71. The molecule has 1 fully saturated rings. The van der Waals surface area contributed by atoms with Crippen LogP contribution in [0.3, 0.4) is 0 Å². The lowest BCUT2D eigenvalue weighted by Gasteiger charge is -2.33. The van der Waals surface area contributed by atoms with Crippen LogP contribution in [0.25, 0.3) is 0 Å². The number of hydrogen-bond donors (Lipinski definition) is 1. The van der Waals surface area contributed by atoms with Gasteiger partial charge in [0, 0.05) is 31.5 Å². The Bertz CT molecular complexity index is 765. The van der Waals surface area contributed by atoms with Crippen LogP contribution >= 0.6 is 23.2 Å². The zero-order valence-electron chi connectivity index (χ0n) is 13.3. The topological polar surface area (TPSA) is 75.2 Å². The Morgan fingerprint density at radius 3 is 2.28 bits per heavy atom. The minimum atomic E-state index is -0.277. The molecule has 3 rings (SSSR count). The first-order valence-electron chi connectivity index (χ1n) is 7.86.